The molecule has 0 atom stereocenters. The minimum absolute atomic E-state index is 0.145. The van der Waals surface area contributed by atoms with E-state index in [1.165, 1.54) is 12.1 Å². The first-order chi connectivity index (χ1) is 11.2. The number of hydrogen-bond acceptors (Lipinski definition) is 3. The molecule has 5 nitrogen and oxygen atoms in total. The van der Waals surface area contributed by atoms with E-state index in [0.29, 0.717) is 26.3 Å². The summed E-state index contributed by atoms with van der Waals surface area (Å²) in [6.07, 6.45) is 0.914. The minimum atomic E-state index is -0.191. The molecule has 0 saturated carbocycles. The maximum atomic E-state index is 12.9. The molecular weight excluding hydrogens is 297 g/mol. The molecule has 0 unspecified atom stereocenters. The van der Waals surface area contributed by atoms with E-state index >= 15 is 0 Å². The Morgan fingerprint density at radius 2 is 1.57 bits per heavy atom. The third-order valence-electron chi connectivity index (χ3n) is 4.55. The number of carbonyl (C=O) groups excluding carboxylic acids is 1. The van der Waals surface area contributed by atoms with Crippen molar-refractivity contribution in [3.8, 4) is 0 Å². The molecule has 0 radical (unpaired) electrons. The van der Waals surface area contributed by atoms with Crippen LogP contribution < -0.4 is 0 Å². The van der Waals surface area contributed by atoms with Crippen molar-refractivity contribution in [1.82, 2.24) is 14.7 Å². The van der Waals surface area contributed by atoms with Crippen molar-refractivity contribution in [3.63, 3.8) is 0 Å². The van der Waals surface area contributed by atoms with Gasteiger partial charge in [-0.25, -0.2) is 9.18 Å². The molecule has 0 spiro atoms. The molecule has 2 fully saturated rings. The normalized spacial score (nSPS) is 19.9. The number of morpholine rings is 1. The van der Waals surface area contributed by atoms with Crippen LogP contribution in [0.15, 0.2) is 24.3 Å². The van der Waals surface area contributed by atoms with Crippen LogP contribution in [0.1, 0.15) is 5.56 Å². The van der Waals surface area contributed by atoms with Crippen molar-refractivity contribution in [2.24, 2.45) is 0 Å². The molecule has 0 N–H and O–H groups in total. The van der Waals surface area contributed by atoms with Crippen LogP contribution in [-0.2, 0) is 11.2 Å². The highest BCUT2D eigenvalue weighted by atomic mass is 19.1. The molecule has 3 rings (SSSR count). The molecule has 0 bridgehead atoms. The Labute approximate surface area is 136 Å². The fourth-order valence-electron chi connectivity index (χ4n) is 3.06. The molecule has 126 valence electrons. The van der Waals surface area contributed by atoms with E-state index in [9.17, 15) is 9.18 Å². The molecule has 1 aromatic carbocycles. The predicted octanol–water partition coefficient (Wildman–Crippen LogP) is 1.44. The summed E-state index contributed by atoms with van der Waals surface area (Å²) in [7, 11) is 0. The lowest BCUT2D eigenvalue weighted by Gasteiger charge is -2.38. The number of amides is 2. The number of nitrogens with zero attached hydrogens (tertiary/aromatic N) is 3. The predicted molar refractivity (Wildman–Crippen MR) is 85.9 cm³/mol. The number of hydrogen-bond donors (Lipinski definition) is 0. The van der Waals surface area contributed by atoms with Crippen LogP contribution in [0.2, 0.25) is 0 Å². The molecule has 6 heteroatoms. The summed E-state index contributed by atoms with van der Waals surface area (Å²) in [4.78, 5) is 18.6. The van der Waals surface area contributed by atoms with Crippen LogP contribution in [-0.4, -0.2) is 79.8 Å². The van der Waals surface area contributed by atoms with Crippen molar-refractivity contribution in [2.75, 3.05) is 59.0 Å². The lowest BCUT2D eigenvalue weighted by Crippen LogP contribution is -2.54. The summed E-state index contributed by atoms with van der Waals surface area (Å²) in [6, 6.07) is 6.84. The Balaban J connectivity index is 1.41. The Kier molecular flexibility index (Phi) is 5.46. The van der Waals surface area contributed by atoms with Gasteiger partial charge in [0, 0.05) is 45.8 Å². The van der Waals surface area contributed by atoms with Crippen LogP contribution in [0.3, 0.4) is 0 Å². The van der Waals surface area contributed by atoms with E-state index in [4.69, 9.17) is 4.74 Å². The van der Waals surface area contributed by atoms with Gasteiger partial charge in [0.05, 0.1) is 13.2 Å². The number of rotatable bonds is 3. The molecule has 1 aromatic rings. The van der Waals surface area contributed by atoms with Gasteiger partial charge in [0.1, 0.15) is 5.82 Å². The van der Waals surface area contributed by atoms with Gasteiger partial charge in [-0.05, 0) is 24.1 Å². The summed E-state index contributed by atoms with van der Waals surface area (Å²) in [6.45, 7) is 6.99. The van der Waals surface area contributed by atoms with E-state index < -0.39 is 0 Å². The Morgan fingerprint density at radius 3 is 2.22 bits per heavy atom. The second-order valence-corrected chi connectivity index (χ2v) is 6.09. The third-order valence-corrected chi connectivity index (χ3v) is 4.55. The van der Waals surface area contributed by atoms with Crippen molar-refractivity contribution in [1.29, 1.82) is 0 Å². The molecule has 2 aliphatic heterocycles. The summed E-state index contributed by atoms with van der Waals surface area (Å²) in [5.41, 5.74) is 1.15. The van der Waals surface area contributed by atoms with Gasteiger partial charge in [-0.3, -0.25) is 4.90 Å². The lowest BCUT2D eigenvalue weighted by atomic mass is 10.1. The number of halogens is 1. The number of carbonyl (C=O) groups is 1. The number of piperazine rings is 1. The highest BCUT2D eigenvalue weighted by Crippen LogP contribution is 2.10. The van der Waals surface area contributed by atoms with Gasteiger partial charge in [0.2, 0.25) is 0 Å². The highest BCUT2D eigenvalue weighted by molar-refractivity contribution is 5.74. The van der Waals surface area contributed by atoms with Crippen LogP contribution in [0.5, 0.6) is 0 Å². The van der Waals surface area contributed by atoms with E-state index in [1.54, 1.807) is 0 Å². The van der Waals surface area contributed by atoms with Gasteiger partial charge in [0.25, 0.3) is 0 Å². The molecule has 2 amide bonds. The largest absolute Gasteiger partial charge is 0.378 e. The molecular formula is C17H24FN3O2. The van der Waals surface area contributed by atoms with Crippen molar-refractivity contribution in [3.05, 3.63) is 35.6 Å². The molecule has 2 aliphatic rings. The first-order valence-corrected chi connectivity index (χ1v) is 8.31. The van der Waals surface area contributed by atoms with Crippen LogP contribution in [0.25, 0.3) is 0 Å². The minimum Gasteiger partial charge on any atom is -0.378 e. The summed E-state index contributed by atoms with van der Waals surface area (Å²) in [5, 5.41) is 0. The summed E-state index contributed by atoms with van der Waals surface area (Å²) in [5.74, 6) is -0.191. The van der Waals surface area contributed by atoms with Crippen LogP contribution in [0, 0.1) is 5.82 Å². The highest BCUT2D eigenvalue weighted by Gasteiger charge is 2.26. The molecule has 2 heterocycles. The average molecular weight is 321 g/mol. The second kappa shape index (κ2) is 7.75. The van der Waals surface area contributed by atoms with Gasteiger partial charge >= 0.3 is 6.03 Å². The first-order valence-electron chi connectivity index (χ1n) is 8.31. The Morgan fingerprint density at radius 1 is 0.957 bits per heavy atom. The van der Waals surface area contributed by atoms with E-state index in [0.717, 1.165) is 44.7 Å². The van der Waals surface area contributed by atoms with E-state index in [2.05, 4.69) is 4.90 Å². The number of ether oxygens (including phenoxy) is 1. The summed E-state index contributed by atoms with van der Waals surface area (Å²) >= 11 is 0. The average Bonchev–Trinajstić information content (AvgIpc) is 2.62. The zero-order valence-electron chi connectivity index (χ0n) is 13.4. The maximum Gasteiger partial charge on any atom is 0.320 e. The Bertz CT molecular complexity index is 509. The van der Waals surface area contributed by atoms with Crippen molar-refractivity contribution < 1.29 is 13.9 Å². The van der Waals surface area contributed by atoms with E-state index in [-0.39, 0.29) is 11.8 Å². The lowest BCUT2D eigenvalue weighted by molar-refractivity contribution is 0.0378. The van der Waals surface area contributed by atoms with Gasteiger partial charge < -0.3 is 14.5 Å². The van der Waals surface area contributed by atoms with Crippen LogP contribution in [0.4, 0.5) is 9.18 Å². The van der Waals surface area contributed by atoms with E-state index in [1.807, 2.05) is 21.9 Å². The molecule has 23 heavy (non-hydrogen) atoms. The fraction of sp³-hybridized carbons (Fsp3) is 0.588. The monoisotopic (exact) mass is 321 g/mol. The van der Waals surface area contributed by atoms with Gasteiger partial charge in [-0.15, -0.1) is 0 Å². The smallest absolute Gasteiger partial charge is 0.320 e. The number of urea groups is 1. The standard InChI is InChI=1S/C17H24FN3O2/c18-16-3-1-15(2-4-16)5-6-19-7-9-20(10-8-19)17(22)21-11-13-23-14-12-21/h1-4H,5-14H2. The zero-order valence-corrected chi connectivity index (χ0v) is 13.4. The quantitative estimate of drug-likeness (QED) is 0.845. The number of benzene rings is 1. The fourth-order valence-corrected chi connectivity index (χ4v) is 3.06. The van der Waals surface area contributed by atoms with Gasteiger partial charge in [0.15, 0.2) is 0 Å². The maximum absolute atomic E-state index is 12.9. The molecule has 2 saturated heterocycles. The van der Waals surface area contributed by atoms with Crippen molar-refractivity contribution in [2.45, 2.75) is 6.42 Å². The topological polar surface area (TPSA) is 36.0 Å². The molecule has 0 aliphatic carbocycles. The zero-order chi connectivity index (χ0) is 16.1. The summed E-state index contributed by atoms with van der Waals surface area (Å²) < 4.78 is 18.2. The first kappa shape index (κ1) is 16.2. The van der Waals surface area contributed by atoms with Crippen LogP contribution >= 0.6 is 0 Å². The van der Waals surface area contributed by atoms with Crippen molar-refractivity contribution >= 4 is 6.03 Å². The SMILES string of the molecule is O=C(N1CCOCC1)N1CCN(CCc2ccc(F)cc2)CC1. The third kappa shape index (κ3) is 4.42. The molecule has 0 aromatic heterocycles. The second-order valence-electron chi connectivity index (χ2n) is 6.09. The van der Waals surface area contributed by atoms with Gasteiger partial charge in [-0.2, -0.15) is 0 Å². The Hall–Kier alpha value is -1.66. The van der Waals surface area contributed by atoms with Gasteiger partial charge in [-0.1, -0.05) is 12.1 Å².